The first kappa shape index (κ1) is 14.7. The number of nitrogens with two attached hydrogens (primary N) is 1. The van der Waals surface area contributed by atoms with E-state index < -0.39 is 5.54 Å². The number of carbonyl (C=O) groups is 1. The molecule has 0 radical (unpaired) electrons. The van der Waals surface area contributed by atoms with Crippen molar-refractivity contribution in [1.29, 1.82) is 0 Å². The van der Waals surface area contributed by atoms with Gasteiger partial charge in [0.15, 0.2) is 5.84 Å². The Kier molecular flexibility index (Phi) is 4.12. The Hall–Kier alpha value is -1.21. The summed E-state index contributed by atoms with van der Waals surface area (Å²) in [6, 6.07) is 2.00. The molecule has 114 valence electrons. The summed E-state index contributed by atoms with van der Waals surface area (Å²) in [6.45, 7) is 0. The Bertz CT molecular complexity index is 553. The van der Waals surface area contributed by atoms with E-state index >= 15 is 0 Å². The lowest BCUT2D eigenvalue weighted by Crippen LogP contribution is -2.55. The minimum absolute atomic E-state index is 0.104. The zero-order valence-corrected chi connectivity index (χ0v) is 13.4. The van der Waals surface area contributed by atoms with Gasteiger partial charge in [0, 0.05) is 10.6 Å². The number of rotatable bonds is 3. The van der Waals surface area contributed by atoms with E-state index in [0.29, 0.717) is 0 Å². The van der Waals surface area contributed by atoms with Gasteiger partial charge < -0.3 is 16.3 Å². The van der Waals surface area contributed by atoms with Crippen molar-refractivity contribution in [3.8, 4) is 0 Å². The van der Waals surface area contributed by atoms with Crippen LogP contribution in [0, 0.1) is 0 Å². The van der Waals surface area contributed by atoms with Gasteiger partial charge in [0.2, 0.25) is 0 Å². The number of amides is 1. The number of carbonyl (C=O) groups excluding carboxylic acids is 1. The topological polar surface area (TPSA) is 87.7 Å². The second kappa shape index (κ2) is 5.88. The number of hydrogen-bond acceptors (Lipinski definition) is 5. The molecule has 1 aliphatic heterocycles. The quantitative estimate of drug-likeness (QED) is 0.344. The van der Waals surface area contributed by atoms with E-state index in [2.05, 4.69) is 10.5 Å². The molecule has 21 heavy (non-hydrogen) atoms. The van der Waals surface area contributed by atoms with E-state index in [1.54, 1.807) is 11.3 Å². The summed E-state index contributed by atoms with van der Waals surface area (Å²) in [5.41, 5.74) is 6.43. The van der Waals surface area contributed by atoms with Gasteiger partial charge >= 0.3 is 0 Å². The highest BCUT2D eigenvalue weighted by Gasteiger charge is 2.40. The minimum Gasteiger partial charge on any atom is -0.409 e. The molecule has 1 aromatic heterocycles. The molecule has 5 nitrogen and oxygen atoms in total. The molecule has 4 N–H and O–H groups in total. The molecule has 1 fully saturated rings. The SMILES string of the molecule is NC(=NO)C1(NC(=O)c2cc3c(s2)CCSC3)CCCC1. The zero-order valence-electron chi connectivity index (χ0n) is 11.7. The average Bonchev–Trinajstić information content (AvgIpc) is 3.13. The van der Waals surface area contributed by atoms with Crippen LogP contribution in [0.4, 0.5) is 0 Å². The van der Waals surface area contributed by atoms with Crippen molar-refractivity contribution in [3.63, 3.8) is 0 Å². The normalized spacial score (nSPS) is 21.0. The number of amidine groups is 1. The first-order valence-electron chi connectivity index (χ1n) is 7.14. The lowest BCUT2D eigenvalue weighted by molar-refractivity contribution is 0.0927. The number of aryl methyl sites for hydroxylation is 1. The molecule has 2 heterocycles. The molecule has 0 unspecified atom stereocenters. The molecule has 1 aromatic rings. The van der Waals surface area contributed by atoms with Gasteiger partial charge in [0.25, 0.3) is 5.91 Å². The molecule has 0 spiro atoms. The van der Waals surface area contributed by atoms with E-state index in [1.165, 1.54) is 10.4 Å². The summed E-state index contributed by atoms with van der Waals surface area (Å²) in [5, 5.41) is 15.1. The predicted octanol–water partition coefficient (Wildman–Crippen LogP) is 2.33. The third kappa shape index (κ3) is 2.76. The molecule has 0 atom stereocenters. The molecule has 0 saturated heterocycles. The van der Waals surface area contributed by atoms with E-state index in [4.69, 9.17) is 10.9 Å². The Labute approximate surface area is 132 Å². The largest absolute Gasteiger partial charge is 0.409 e. The van der Waals surface area contributed by atoms with Gasteiger partial charge in [-0.3, -0.25) is 4.79 Å². The van der Waals surface area contributed by atoms with Gasteiger partial charge in [-0.05, 0) is 36.6 Å². The predicted molar refractivity (Wildman–Crippen MR) is 86.3 cm³/mol. The minimum atomic E-state index is -0.676. The maximum Gasteiger partial charge on any atom is 0.262 e. The molecule has 1 amide bonds. The van der Waals surface area contributed by atoms with Crippen molar-refractivity contribution in [2.24, 2.45) is 10.9 Å². The number of hydrogen-bond donors (Lipinski definition) is 3. The fourth-order valence-electron chi connectivity index (χ4n) is 3.06. The van der Waals surface area contributed by atoms with Crippen LogP contribution in [0.5, 0.6) is 0 Å². The van der Waals surface area contributed by atoms with Crippen LogP contribution in [0.3, 0.4) is 0 Å². The summed E-state index contributed by atoms with van der Waals surface area (Å²) in [5.74, 6) is 2.13. The standard InChI is InChI=1S/C14H19N3O2S2/c15-13(17-19)14(4-1-2-5-14)16-12(18)11-7-9-8-20-6-3-10(9)21-11/h7,19H,1-6,8H2,(H2,15,17)(H,16,18). The van der Waals surface area contributed by atoms with Crippen LogP contribution in [0.1, 0.15) is 45.8 Å². The van der Waals surface area contributed by atoms with Gasteiger partial charge in [-0.25, -0.2) is 0 Å². The molecular formula is C14H19N3O2S2. The van der Waals surface area contributed by atoms with Crippen LogP contribution in [0.25, 0.3) is 0 Å². The van der Waals surface area contributed by atoms with Crippen LogP contribution in [0.15, 0.2) is 11.2 Å². The van der Waals surface area contributed by atoms with Crippen LogP contribution in [0.2, 0.25) is 0 Å². The van der Waals surface area contributed by atoms with Gasteiger partial charge in [-0.15, -0.1) is 11.3 Å². The number of thiophene rings is 1. The van der Waals surface area contributed by atoms with Crippen LogP contribution < -0.4 is 11.1 Å². The second-order valence-corrected chi connectivity index (χ2v) is 7.83. The molecule has 3 rings (SSSR count). The second-order valence-electron chi connectivity index (χ2n) is 5.59. The molecule has 0 aromatic carbocycles. The third-order valence-electron chi connectivity index (χ3n) is 4.26. The van der Waals surface area contributed by atoms with Crippen LogP contribution >= 0.6 is 23.1 Å². The van der Waals surface area contributed by atoms with Crippen molar-refractivity contribution in [2.75, 3.05) is 5.75 Å². The van der Waals surface area contributed by atoms with Crippen molar-refractivity contribution in [3.05, 3.63) is 21.4 Å². The number of fused-ring (bicyclic) bond motifs is 1. The van der Waals surface area contributed by atoms with Crippen molar-refractivity contribution in [1.82, 2.24) is 5.32 Å². The fraction of sp³-hybridized carbons (Fsp3) is 0.571. The molecule has 2 aliphatic rings. The summed E-state index contributed by atoms with van der Waals surface area (Å²) in [6.07, 6.45) is 4.47. The maximum atomic E-state index is 12.5. The highest BCUT2D eigenvalue weighted by molar-refractivity contribution is 7.98. The lowest BCUT2D eigenvalue weighted by atomic mass is 9.96. The van der Waals surface area contributed by atoms with Gasteiger partial charge in [0.1, 0.15) is 5.54 Å². The van der Waals surface area contributed by atoms with E-state index in [9.17, 15) is 4.79 Å². The summed E-state index contributed by atoms with van der Waals surface area (Å²) in [7, 11) is 0. The maximum absolute atomic E-state index is 12.5. The molecular weight excluding hydrogens is 306 g/mol. The van der Waals surface area contributed by atoms with Crippen molar-refractivity contribution in [2.45, 2.75) is 43.4 Å². The highest BCUT2D eigenvalue weighted by atomic mass is 32.2. The highest BCUT2D eigenvalue weighted by Crippen LogP contribution is 2.34. The Morgan fingerprint density at radius 3 is 2.86 bits per heavy atom. The fourth-order valence-corrected chi connectivity index (χ4v) is 5.33. The zero-order chi connectivity index (χ0) is 14.9. The van der Waals surface area contributed by atoms with E-state index in [1.807, 2.05) is 17.8 Å². The van der Waals surface area contributed by atoms with Gasteiger partial charge in [0.05, 0.1) is 4.88 Å². The molecule has 1 aliphatic carbocycles. The van der Waals surface area contributed by atoms with E-state index in [0.717, 1.165) is 48.5 Å². The first-order valence-corrected chi connectivity index (χ1v) is 9.11. The number of thioether (sulfide) groups is 1. The number of nitrogens with one attached hydrogen (secondary N) is 1. The monoisotopic (exact) mass is 325 g/mol. The summed E-state index contributed by atoms with van der Waals surface area (Å²) < 4.78 is 0. The third-order valence-corrected chi connectivity index (χ3v) is 6.50. The average molecular weight is 325 g/mol. The van der Waals surface area contributed by atoms with E-state index in [-0.39, 0.29) is 11.7 Å². The number of nitrogens with zero attached hydrogens (tertiary/aromatic N) is 1. The summed E-state index contributed by atoms with van der Waals surface area (Å²) >= 11 is 3.48. The lowest BCUT2D eigenvalue weighted by Gasteiger charge is -2.28. The van der Waals surface area contributed by atoms with Crippen molar-refractivity contribution >= 4 is 34.8 Å². The van der Waals surface area contributed by atoms with Crippen LogP contribution in [-0.2, 0) is 12.2 Å². The van der Waals surface area contributed by atoms with Gasteiger partial charge in [-0.1, -0.05) is 18.0 Å². The van der Waals surface area contributed by atoms with Crippen LogP contribution in [-0.4, -0.2) is 28.2 Å². The smallest absolute Gasteiger partial charge is 0.262 e. The Morgan fingerprint density at radius 1 is 1.43 bits per heavy atom. The molecule has 1 saturated carbocycles. The number of oxime groups is 1. The summed E-state index contributed by atoms with van der Waals surface area (Å²) in [4.78, 5) is 14.6. The molecule has 7 heteroatoms. The molecule has 0 bridgehead atoms. The Balaban J connectivity index is 1.80. The first-order chi connectivity index (χ1) is 10.1. The van der Waals surface area contributed by atoms with Crippen molar-refractivity contribution < 1.29 is 10.0 Å². The Morgan fingerprint density at radius 2 is 2.19 bits per heavy atom. The van der Waals surface area contributed by atoms with Gasteiger partial charge in [-0.2, -0.15) is 11.8 Å².